The van der Waals surface area contributed by atoms with E-state index in [0.717, 1.165) is 22.6 Å². The van der Waals surface area contributed by atoms with E-state index in [4.69, 9.17) is 16.3 Å². The van der Waals surface area contributed by atoms with Gasteiger partial charge in [-0.1, -0.05) is 23.7 Å². The van der Waals surface area contributed by atoms with E-state index in [2.05, 4.69) is 0 Å². The third kappa shape index (κ3) is 2.39. The molecule has 0 spiro atoms. The van der Waals surface area contributed by atoms with Crippen molar-refractivity contribution >= 4 is 17.4 Å². The van der Waals surface area contributed by atoms with Crippen LogP contribution in [-0.4, -0.2) is 19.0 Å². The van der Waals surface area contributed by atoms with Crippen LogP contribution in [-0.2, 0) is 16.0 Å². The second kappa shape index (κ2) is 4.33. The zero-order chi connectivity index (χ0) is 10.8. The standard InChI is InChI=1S/C12H13ClO2/c1-8-4-9(2-3-11(8)13)5-10-6-15-7-12(10)14/h2-4,10H,5-7H2,1H3. The van der Waals surface area contributed by atoms with Crippen molar-refractivity contribution in [2.45, 2.75) is 13.3 Å². The number of ketones is 1. The molecule has 0 N–H and O–H groups in total. The molecule has 1 atom stereocenters. The molecule has 1 unspecified atom stereocenters. The molecule has 0 radical (unpaired) electrons. The number of carbonyl (C=O) groups is 1. The fraction of sp³-hybridized carbons (Fsp3) is 0.417. The summed E-state index contributed by atoms with van der Waals surface area (Å²) in [5, 5.41) is 0.771. The Labute approximate surface area is 94.2 Å². The van der Waals surface area contributed by atoms with Gasteiger partial charge in [0.25, 0.3) is 0 Å². The number of rotatable bonds is 2. The maximum Gasteiger partial charge on any atom is 0.164 e. The van der Waals surface area contributed by atoms with Crippen LogP contribution < -0.4 is 0 Å². The van der Waals surface area contributed by atoms with Crippen LogP contribution in [0.3, 0.4) is 0 Å². The van der Waals surface area contributed by atoms with Crippen molar-refractivity contribution in [3.05, 3.63) is 34.3 Å². The van der Waals surface area contributed by atoms with Crippen LogP contribution in [0, 0.1) is 12.8 Å². The minimum atomic E-state index is 0.0329. The molecule has 2 rings (SSSR count). The first-order valence-corrected chi connectivity index (χ1v) is 5.40. The van der Waals surface area contributed by atoms with E-state index in [-0.39, 0.29) is 18.3 Å². The van der Waals surface area contributed by atoms with Crippen LogP contribution in [0.25, 0.3) is 0 Å². The summed E-state index contributed by atoms with van der Waals surface area (Å²) in [6.45, 7) is 2.80. The average Bonchev–Trinajstić information content (AvgIpc) is 2.59. The minimum absolute atomic E-state index is 0.0329. The van der Waals surface area contributed by atoms with Crippen molar-refractivity contribution in [3.8, 4) is 0 Å². The van der Waals surface area contributed by atoms with Gasteiger partial charge in [0.15, 0.2) is 5.78 Å². The maximum atomic E-state index is 11.4. The molecule has 0 bridgehead atoms. The number of carbonyl (C=O) groups excluding carboxylic acids is 1. The smallest absolute Gasteiger partial charge is 0.164 e. The van der Waals surface area contributed by atoms with Crippen LogP contribution in [0.4, 0.5) is 0 Å². The largest absolute Gasteiger partial charge is 0.373 e. The van der Waals surface area contributed by atoms with E-state index in [9.17, 15) is 4.79 Å². The average molecular weight is 225 g/mol. The summed E-state index contributed by atoms with van der Waals surface area (Å²) in [6, 6.07) is 5.89. The second-order valence-electron chi connectivity index (χ2n) is 3.97. The lowest BCUT2D eigenvalue weighted by Gasteiger charge is -2.07. The van der Waals surface area contributed by atoms with Crippen molar-refractivity contribution in [3.63, 3.8) is 0 Å². The number of ether oxygens (including phenoxy) is 1. The minimum Gasteiger partial charge on any atom is -0.373 e. The molecular weight excluding hydrogens is 212 g/mol. The number of aryl methyl sites for hydroxylation is 1. The zero-order valence-electron chi connectivity index (χ0n) is 8.63. The monoisotopic (exact) mass is 224 g/mol. The maximum absolute atomic E-state index is 11.4. The van der Waals surface area contributed by atoms with Crippen molar-refractivity contribution in [2.75, 3.05) is 13.2 Å². The molecule has 1 aromatic carbocycles. The van der Waals surface area contributed by atoms with Gasteiger partial charge in [-0.15, -0.1) is 0 Å². The Kier molecular flexibility index (Phi) is 3.08. The lowest BCUT2D eigenvalue weighted by atomic mass is 9.97. The Morgan fingerprint density at radius 1 is 1.53 bits per heavy atom. The Morgan fingerprint density at radius 2 is 2.33 bits per heavy atom. The molecule has 3 heteroatoms. The van der Waals surface area contributed by atoms with Gasteiger partial charge in [-0.2, -0.15) is 0 Å². The molecule has 0 amide bonds. The number of hydrogen-bond acceptors (Lipinski definition) is 2. The fourth-order valence-electron chi connectivity index (χ4n) is 1.80. The lowest BCUT2D eigenvalue weighted by molar-refractivity contribution is -0.120. The van der Waals surface area contributed by atoms with E-state index in [1.807, 2.05) is 25.1 Å². The molecule has 0 saturated carbocycles. The molecule has 1 aliphatic heterocycles. The van der Waals surface area contributed by atoms with Gasteiger partial charge >= 0.3 is 0 Å². The van der Waals surface area contributed by atoms with Crippen LogP contribution in [0.2, 0.25) is 5.02 Å². The second-order valence-corrected chi connectivity index (χ2v) is 4.37. The number of benzene rings is 1. The summed E-state index contributed by atoms with van der Waals surface area (Å²) >= 11 is 5.93. The quantitative estimate of drug-likeness (QED) is 0.771. The molecule has 1 heterocycles. The SMILES string of the molecule is Cc1cc(CC2COCC2=O)ccc1Cl. The van der Waals surface area contributed by atoms with Gasteiger partial charge in [-0.3, -0.25) is 4.79 Å². The third-order valence-electron chi connectivity index (χ3n) is 2.72. The molecular formula is C12H13ClO2. The van der Waals surface area contributed by atoms with Crippen LogP contribution >= 0.6 is 11.6 Å². The Hall–Kier alpha value is -0.860. The van der Waals surface area contributed by atoms with E-state index >= 15 is 0 Å². The fourth-order valence-corrected chi connectivity index (χ4v) is 1.92. The van der Waals surface area contributed by atoms with Gasteiger partial charge < -0.3 is 4.74 Å². The first-order valence-electron chi connectivity index (χ1n) is 5.02. The van der Waals surface area contributed by atoms with Crippen molar-refractivity contribution in [1.29, 1.82) is 0 Å². The highest BCUT2D eigenvalue weighted by Gasteiger charge is 2.25. The molecule has 80 valence electrons. The number of halogens is 1. The van der Waals surface area contributed by atoms with Crippen molar-refractivity contribution in [1.82, 2.24) is 0 Å². The summed E-state index contributed by atoms with van der Waals surface area (Å²) < 4.78 is 5.12. The Balaban J connectivity index is 2.10. The first-order chi connectivity index (χ1) is 7.16. The van der Waals surface area contributed by atoms with Crippen LogP contribution in [0.5, 0.6) is 0 Å². The highest BCUT2D eigenvalue weighted by molar-refractivity contribution is 6.31. The molecule has 1 aliphatic rings. The normalized spacial score (nSPS) is 20.9. The molecule has 0 aliphatic carbocycles. The highest BCUT2D eigenvalue weighted by atomic mass is 35.5. The third-order valence-corrected chi connectivity index (χ3v) is 3.15. The van der Waals surface area contributed by atoms with Gasteiger partial charge in [-0.25, -0.2) is 0 Å². The van der Waals surface area contributed by atoms with Crippen LogP contribution in [0.15, 0.2) is 18.2 Å². The van der Waals surface area contributed by atoms with Gasteiger partial charge in [-0.05, 0) is 30.5 Å². The summed E-state index contributed by atoms with van der Waals surface area (Å²) in [5.74, 6) is 0.244. The summed E-state index contributed by atoms with van der Waals surface area (Å²) in [5.41, 5.74) is 2.21. The summed E-state index contributed by atoms with van der Waals surface area (Å²) in [4.78, 5) is 11.4. The van der Waals surface area contributed by atoms with Crippen molar-refractivity contribution < 1.29 is 9.53 Å². The summed E-state index contributed by atoms with van der Waals surface area (Å²) in [6.07, 6.45) is 0.761. The van der Waals surface area contributed by atoms with Gasteiger partial charge in [0, 0.05) is 10.9 Å². The van der Waals surface area contributed by atoms with Gasteiger partial charge in [0.05, 0.1) is 6.61 Å². The predicted molar refractivity (Wildman–Crippen MR) is 59.2 cm³/mol. The predicted octanol–water partition coefficient (Wildman–Crippen LogP) is 2.41. The van der Waals surface area contributed by atoms with Crippen LogP contribution in [0.1, 0.15) is 11.1 Å². The molecule has 2 nitrogen and oxygen atoms in total. The Bertz CT molecular complexity index is 387. The molecule has 1 saturated heterocycles. The van der Waals surface area contributed by atoms with Gasteiger partial charge in [0.1, 0.15) is 6.61 Å². The van der Waals surface area contributed by atoms with E-state index in [1.165, 1.54) is 0 Å². The van der Waals surface area contributed by atoms with Crippen molar-refractivity contribution in [2.24, 2.45) is 5.92 Å². The lowest BCUT2D eigenvalue weighted by Crippen LogP contribution is -2.14. The number of hydrogen-bond donors (Lipinski definition) is 0. The molecule has 1 fully saturated rings. The molecule has 0 aromatic heterocycles. The highest BCUT2D eigenvalue weighted by Crippen LogP contribution is 2.20. The number of Topliss-reactive ketones (excluding diaryl/α,β-unsaturated/α-hetero) is 1. The van der Waals surface area contributed by atoms with Gasteiger partial charge in [0.2, 0.25) is 0 Å². The summed E-state index contributed by atoms with van der Waals surface area (Å²) in [7, 11) is 0. The molecule has 1 aromatic rings. The van der Waals surface area contributed by atoms with E-state index < -0.39 is 0 Å². The first kappa shape index (κ1) is 10.7. The van der Waals surface area contributed by atoms with E-state index in [0.29, 0.717) is 6.61 Å². The topological polar surface area (TPSA) is 26.3 Å². The Morgan fingerprint density at radius 3 is 2.93 bits per heavy atom. The zero-order valence-corrected chi connectivity index (χ0v) is 9.38. The van der Waals surface area contributed by atoms with E-state index in [1.54, 1.807) is 0 Å². The molecule has 15 heavy (non-hydrogen) atoms.